The van der Waals surface area contributed by atoms with Gasteiger partial charge in [0, 0.05) is 27.2 Å². The molecule has 9 heteroatoms. The molecule has 0 bridgehead atoms. The quantitative estimate of drug-likeness (QED) is 0.388. The van der Waals surface area contributed by atoms with E-state index in [0.717, 1.165) is 0 Å². The smallest absolute Gasteiger partial charge is 0.349 e. The van der Waals surface area contributed by atoms with E-state index in [-0.39, 0.29) is 29.6 Å². The standard InChI is InChI=1S/C24H15Cl2FN2O4/c25-18-2-1-3-19(26)23(18)22-16-9-8-15(10-20(16)33-24(29)17(22)11-28)32-21(30)12-31-14-6-4-13(27)5-7-14/h1-10,22H,12,29H2. The first-order valence-corrected chi connectivity index (χ1v) is 10.4. The van der Waals surface area contributed by atoms with Crippen molar-refractivity contribution in [3.63, 3.8) is 0 Å². The van der Waals surface area contributed by atoms with Crippen LogP contribution in [-0.2, 0) is 4.79 Å². The van der Waals surface area contributed by atoms with Crippen molar-refractivity contribution in [1.82, 2.24) is 0 Å². The van der Waals surface area contributed by atoms with Crippen molar-refractivity contribution in [1.29, 1.82) is 5.26 Å². The van der Waals surface area contributed by atoms with Gasteiger partial charge in [-0.1, -0.05) is 35.3 Å². The van der Waals surface area contributed by atoms with Crippen LogP contribution in [0.4, 0.5) is 4.39 Å². The van der Waals surface area contributed by atoms with E-state index in [4.69, 9.17) is 43.1 Å². The van der Waals surface area contributed by atoms with Gasteiger partial charge in [-0.2, -0.15) is 5.26 Å². The number of allylic oxidation sites excluding steroid dienone is 1. The molecule has 1 aliphatic heterocycles. The van der Waals surface area contributed by atoms with Crippen molar-refractivity contribution in [2.24, 2.45) is 5.73 Å². The number of benzene rings is 3. The Kier molecular flexibility index (Phi) is 6.40. The van der Waals surface area contributed by atoms with Crippen molar-refractivity contribution in [2.75, 3.05) is 6.61 Å². The van der Waals surface area contributed by atoms with Gasteiger partial charge in [-0.25, -0.2) is 9.18 Å². The Morgan fingerprint density at radius 3 is 2.42 bits per heavy atom. The number of nitrogens with two attached hydrogens (primary N) is 1. The second-order valence-electron chi connectivity index (χ2n) is 6.98. The number of nitrogens with zero attached hydrogens (tertiary/aromatic N) is 1. The highest BCUT2D eigenvalue weighted by atomic mass is 35.5. The second-order valence-corrected chi connectivity index (χ2v) is 7.79. The van der Waals surface area contributed by atoms with E-state index < -0.39 is 17.7 Å². The summed E-state index contributed by atoms with van der Waals surface area (Å²) in [5.41, 5.74) is 7.26. The summed E-state index contributed by atoms with van der Waals surface area (Å²) in [7, 11) is 0. The van der Waals surface area contributed by atoms with Crippen LogP contribution < -0.4 is 19.9 Å². The maximum absolute atomic E-state index is 13.0. The molecule has 6 nitrogen and oxygen atoms in total. The topological polar surface area (TPSA) is 94.6 Å². The molecule has 33 heavy (non-hydrogen) atoms. The molecule has 0 fully saturated rings. The Balaban J connectivity index is 1.58. The molecule has 3 aromatic rings. The van der Waals surface area contributed by atoms with Crippen LogP contribution in [0, 0.1) is 17.1 Å². The normalized spacial score (nSPS) is 14.7. The Hall–Kier alpha value is -3.73. The average Bonchev–Trinajstić information content (AvgIpc) is 2.78. The van der Waals surface area contributed by atoms with E-state index in [2.05, 4.69) is 6.07 Å². The van der Waals surface area contributed by atoms with Gasteiger partial charge in [0.05, 0.1) is 5.92 Å². The van der Waals surface area contributed by atoms with Crippen LogP contribution in [-0.4, -0.2) is 12.6 Å². The third-order valence-electron chi connectivity index (χ3n) is 4.88. The minimum atomic E-state index is -0.679. The van der Waals surface area contributed by atoms with Crippen molar-refractivity contribution in [3.8, 4) is 23.3 Å². The van der Waals surface area contributed by atoms with Crippen LogP contribution in [0.2, 0.25) is 10.0 Å². The zero-order valence-corrected chi connectivity index (χ0v) is 18.4. The van der Waals surface area contributed by atoms with Crippen LogP contribution in [0.25, 0.3) is 0 Å². The molecular weight excluding hydrogens is 470 g/mol. The number of hydrogen-bond donors (Lipinski definition) is 1. The van der Waals surface area contributed by atoms with Gasteiger partial charge in [-0.15, -0.1) is 0 Å². The lowest BCUT2D eigenvalue weighted by Crippen LogP contribution is -2.22. The molecule has 0 aromatic heterocycles. The van der Waals surface area contributed by atoms with Crippen molar-refractivity contribution in [3.05, 3.63) is 99.1 Å². The lowest BCUT2D eigenvalue weighted by molar-refractivity contribution is -0.136. The molecule has 1 heterocycles. The molecule has 0 saturated carbocycles. The molecule has 0 spiro atoms. The molecule has 0 radical (unpaired) electrons. The van der Waals surface area contributed by atoms with Crippen LogP contribution in [0.5, 0.6) is 17.2 Å². The first kappa shape index (κ1) is 22.5. The fourth-order valence-electron chi connectivity index (χ4n) is 3.42. The maximum Gasteiger partial charge on any atom is 0.349 e. The molecule has 2 N–H and O–H groups in total. The minimum absolute atomic E-state index is 0.103. The van der Waals surface area contributed by atoms with E-state index in [1.54, 1.807) is 30.3 Å². The minimum Gasteiger partial charge on any atom is -0.482 e. The van der Waals surface area contributed by atoms with E-state index in [1.165, 1.54) is 30.3 Å². The SMILES string of the molecule is N#CC1=C(N)Oc2cc(OC(=O)COc3ccc(F)cc3)ccc2C1c1c(Cl)cccc1Cl. The molecule has 4 rings (SSSR count). The summed E-state index contributed by atoms with van der Waals surface area (Å²) in [5, 5.41) is 10.4. The first-order valence-electron chi connectivity index (χ1n) is 9.62. The largest absolute Gasteiger partial charge is 0.482 e. The summed E-state index contributed by atoms with van der Waals surface area (Å²) in [5.74, 6) is -1.06. The predicted octanol–water partition coefficient (Wildman–Crippen LogP) is 5.34. The third-order valence-corrected chi connectivity index (χ3v) is 5.54. The van der Waals surface area contributed by atoms with E-state index in [1.807, 2.05) is 0 Å². The fourth-order valence-corrected chi connectivity index (χ4v) is 4.03. The highest BCUT2D eigenvalue weighted by Crippen LogP contribution is 2.47. The molecule has 1 aliphatic rings. The average molecular weight is 485 g/mol. The number of carbonyl (C=O) groups excluding carboxylic acids is 1. The predicted molar refractivity (Wildman–Crippen MR) is 120 cm³/mol. The maximum atomic E-state index is 13.0. The Bertz CT molecular complexity index is 1280. The van der Waals surface area contributed by atoms with Gasteiger partial charge in [0.1, 0.15) is 34.7 Å². The second kappa shape index (κ2) is 9.41. The van der Waals surface area contributed by atoms with E-state index in [0.29, 0.717) is 26.9 Å². The highest BCUT2D eigenvalue weighted by molar-refractivity contribution is 6.36. The molecule has 0 amide bonds. The van der Waals surface area contributed by atoms with Gasteiger partial charge in [0.25, 0.3) is 0 Å². The number of rotatable bonds is 5. The van der Waals surface area contributed by atoms with E-state index >= 15 is 0 Å². The van der Waals surface area contributed by atoms with Gasteiger partial charge in [0.2, 0.25) is 5.88 Å². The summed E-state index contributed by atoms with van der Waals surface area (Å²) < 4.78 is 29.2. The molecule has 1 atom stereocenters. The van der Waals surface area contributed by atoms with Crippen LogP contribution in [0.1, 0.15) is 17.0 Å². The Morgan fingerprint density at radius 1 is 1.09 bits per heavy atom. The molecular formula is C24H15Cl2FN2O4. The molecule has 0 saturated heterocycles. The fraction of sp³-hybridized carbons (Fsp3) is 0.0833. The van der Waals surface area contributed by atoms with E-state index in [9.17, 15) is 14.4 Å². The number of nitriles is 1. The van der Waals surface area contributed by atoms with Gasteiger partial charge >= 0.3 is 5.97 Å². The summed E-state index contributed by atoms with van der Waals surface area (Å²) in [6.45, 7) is -0.387. The molecule has 166 valence electrons. The summed E-state index contributed by atoms with van der Waals surface area (Å²) in [4.78, 5) is 12.2. The first-order chi connectivity index (χ1) is 15.9. The molecule has 0 aliphatic carbocycles. The van der Waals surface area contributed by atoms with Crippen LogP contribution in [0.15, 0.2) is 72.1 Å². The van der Waals surface area contributed by atoms with Crippen LogP contribution in [0.3, 0.4) is 0 Å². The Labute approximate surface area is 198 Å². The molecule has 3 aromatic carbocycles. The van der Waals surface area contributed by atoms with Gasteiger partial charge in [0.15, 0.2) is 6.61 Å². The lowest BCUT2D eigenvalue weighted by Gasteiger charge is -2.27. The van der Waals surface area contributed by atoms with Gasteiger partial charge in [-0.05, 0) is 42.5 Å². The monoisotopic (exact) mass is 484 g/mol. The van der Waals surface area contributed by atoms with Crippen molar-refractivity contribution in [2.45, 2.75) is 5.92 Å². The van der Waals surface area contributed by atoms with Crippen LogP contribution >= 0.6 is 23.2 Å². The number of esters is 1. The summed E-state index contributed by atoms with van der Waals surface area (Å²) >= 11 is 12.8. The number of halogens is 3. The van der Waals surface area contributed by atoms with Gasteiger partial charge < -0.3 is 19.9 Å². The van der Waals surface area contributed by atoms with Gasteiger partial charge in [-0.3, -0.25) is 0 Å². The highest BCUT2D eigenvalue weighted by Gasteiger charge is 2.33. The summed E-state index contributed by atoms with van der Waals surface area (Å²) in [6, 6.07) is 17.0. The number of fused-ring (bicyclic) bond motifs is 1. The number of hydrogen-bond acceptors (Lipinski definition) is 6. The number of carbonyl (C=O) groups is 1. The van der Waals surface area contributed by atoms with Crippen molar-refractivity contribution < 1.29 is 23.4 Å². The Morgan fingerprint density at radius 2 is 1.76 bits per heavy atom. The third kappa shape index (κ3) is 4.72. The molecule has 1 unspecified atom stereocenters. The summed E-state index contributed by atoms with van der Waals surface area (Å²) in [6.07, 6.45) is 0. The number of ether oxygens (including phenoxy) is 3. The van der Waals surface area contributed by atoms with Crippen molar-refractivity contribution >= 4 is 29.2 Å². The zero-order chi connectivity index (χ0) is 23.5. The zero-order valence-electron chi connectivity index (χ0n) is 16.8. The lowest BCUT2D eigenvalue weighted by atomic mass is 9.83.